The maximum atomic E-state index is 15.1. The summed E-state index contributed by atoms with van der Waals surface area (Å²) in [5, 5.41) is 4.90. The molecule has 0 N–H and O–H groups in total. The van der Waals surface area contributed by atoms with E-state index in [-0.39, 0.29) is 11.6 Å². The number of unbranched alkanes of at least 4 members (excludes halogenated alkanes) is 2. The Bertz CT molecular complexity index is 2370. The zero-order chi connectivity index (χ0) is 35.1. The van der Waals surface area contributed by atoms with Crippen LogP contribution in [0.2, 0.25) is 0 Å². The normalized spacial score (nSPS) is 12.7. The monoisotopic (exact) mass is 666 g/mol. The minimum Gasteiger partial charge on any atom is -0.340 e. The highest BCUT2D eigenvalue weighted by Gasteiger charge is 2.17. The van der Waals surface area contributed by atoms with Crippen molar-refractivity contribution >= 4 is 55.0 Å². The molecule has 0 aliphatic heterocycles. The van der Waals surface area contributed by atoms with Crippen molar-refractivity contribution in [1.82, 2.24) is 9.13 Å². The van der Waals surface area contributed by atoms with E-state index in [0.29, 0.717) is 0 Å². The third-order valence-corrected chi connectivity index (χ3v) is 9.58. The molecular formula is C44H44F2N4. The van der Waals surface area contributed by atoms with Gasteiger partial charge in [-0.1, -0.05) is 38.8 Å². The lowest BCUT2D eigenvalue weighted by Crippen LogP contribution is -2.17. The Morgan fingerprint density at radius 1 is 0.460 bits per heavy atom. The van der Waals surface area contributed by atoms with E-state index < -0.39 is 0 Å². The highest BCUT2D eigenvalue weighted by molar-refractivity contribution is 6.03. The molecule has 6 heteroatoms. The average molecular weight is 667 g/mol. The molecule has 7 rings (SSSR count). The largest absolute Gasteiger partial charge is 0.340 e. The summed E-state index contributed by atoms with van der Waals surface area (Å²) < 4.78 is 34.9. The first-order valence-electron chi connectivity index (χ1n) is 17.8. The van der Waals surface area contributed by atoms with E-state index in [1.165, 1.54) is 12.1 Å². The maximum Gasteiger partial charge on any atom is 0.124 e. The Kier molecular flexibility index (Phi) is 9.13. The van der Waals surface area contributed by atoms with Crippen LogP contribution in [0.5, 0.6) is 0 Å². The Labute approximate surface area is 292 Å². The second kappa shape index (κ2) is 13.7. The van der Waals surface area contributed by atoms with Gasteiger partial charge in [0.15, 0.2) is 0 Å². The van der Waals surface area contributed by atoms with Crippen molar-refractivity contribution in [1.29, 1.82) is 0 Å². The van der Waals surface area contributed by atoms with E-state index >= 15 is 8.78 Å². The molecule has 2 aromatic heterocycles. The molecule has 0 radical (unpaired) electrons. The van der Waals surface area contributed by atoms with Gasteiger partial charge in [-0.15, -0.1) is 0 Å². The smallest absolute Gasteiger partial charge is 0.124 e. The Morgan fingerprint density at radius 2 is 0.820 bits per heavy atom. The summed E-state index contributed by atoms with van der Waals surface area (Å²) in [6.45, 7) is 14.2. The maximum absolute atomic E-state index is 15.1. The van der Waals surface area contributed by atoms with Crippen LogP contribution >= 0.6 is 0 Å². The van der Waals surface area contributed by atoms with E-state index in [9.17, 15) is 0 Å². The standard InChI is InChI=1S/C44H44F2N4/c1-7-9-15-49-39-13-11-31(45)23-35(39)43(47-33-19-27(3)17-28(4)20-33)37-26-42-38(25-41(37)49)44(48-34-21-29(5)18-30(6)22-34)36-24-32(46)12-14-40(36)50(42)16-10-8-2/h11-14,17-26H,7-10,15-16H2,1-6H3. The van der Waals surface area contributed by atoms with Crippen LogP contribution in [-0.4, -0.2) is 9.13 Å². The van der Waals surface area contributed by atoms with Crippen molar-refractivity contribution in [3.63, 3.8) is 0 Å². The van der Waals surface area contributed by atoms with Gasteiger partial charge in [-0.2, -0.15) is 0 Å². The molecule has 254 valence electrons. The molecule has 0 aliphatic rings. The van der Waals surface area contributed by atoms with Crippen LogP contribution < -0.4 is 10.7 Å². The van der Waals surface area contributed by atoms with Crippen LogP contribution in [0.3, 0.4) is 0 Å². The molecule has 0 spiro atoms. The third kappa shape index (κ3) is 6.35. The molecule has 0 fully saturated rings. The third-order valence-electron chi connectivity index (χ3n) is 9.58. The minimum atomic E-state index is -0.294. The van der Waals surface area contributed by atoms with Crippen molar-refractivity contribution in [2.75, 3.05) is 0 Å². The highest BCUT2D eigenvalue weighted by atomic mass is 19.1. The fourth-order valence-electron chi connectivity index (χ4n) is 7.46. The van der Waals surface area contributed by atoms with Crippen LogP contribution in [-0.2, 0) is 13.1 Å². The molecular weight excluding hydrogens is 623 g/mol. The van der Waals surface area contributed by atoms with Gasteiger partial charge in [-0.25, -0.2) is 18.8 Å². The molecule has 0 aliphatic carbocycles. The van der Waals surface area contributed by atoms with Gasteiger partial charge in [0.05, 0.1) is 44.2 Å². The van der Waals surface area contributed by atoms with Crippen molar-refractivity contribution in [3.05, 3.63) is 130 Å². The topological polar surface area (TPSA) is 34.6 Å². The summed E-state index contributed by atoms with van der Waals surface area (Å²) in [5.41, 5.74) is 9.98. The van der Waals surface area contributed by atoms with Gasteiger partial charge in [-0.3, -0.25) is 0 Å². The first kappa shape index (κ1) is 33.4. The Balaban J connectivity index is 1.75. The summed E-state index contributed by atoms with van der Waals surface area (Å²) in [7, 11) is 0. The van der Waals surface area contributed by atoms with E-state index in [1.807, 2.05) is 12.1 Å². The lowest BCUT2D eigenvalue weighted by Gasteiger charge is -2.20. The molecule has 7 aromatic rings. The van der Waals surface area contributed by atoms with E-state index in [1.54, 1.807) is 12.1 Å². The molecule has 0 saturated heterocycles. The number of pyridine rings is 2. The molecule has 4 nitrogen and oxygen atoms in total. The second-order valence-electron chi connectivity index (χ2n) is 13.8. The molecule has 0 bridgehead atoms. The van der Waals surface area contributed by atoms with Gasteiger partial charge >= 0.3 is 0 Å². The van der Waals surface area contributed by atoms with E-state index in [4.69, 9.17) is 9.98 Å². The van der Waals surface area contributed by atoms with Crippen molar-refractivity contribution in [2.45, 2.75) is 80.3 Å². The molecule has 0 unspecified atom stereocenters. The molecule has 5 aromatic carbocycles. The van der Waals surface area contributed by atoms with Crippen molar-refractivity contribution in [2.24, 2.45) is 9.98 Å². The fraction of sp³-hybridized carbons (Fsp3) is 0.273. The number of halogens is 2. The van der Waals surface area contributed by atoms with Crippen LogP contribution in [0, 0.1) is 39.3 Å². The fourth-order valence-corrected chi connectivity index (χ4v) is 7.46. The number of rotatable bonds is 8. The van der Waals surface area contributed by atoms with E-state index in [0.717, 1.165) is 127 Å². The summed E-state index contributed by atoms with van der Waals surface area (Å²) in [5.74, 6) is -0.589. The lowest BCUT2D eigenvalue weighted by molar-refractivity contribution is 0.627. The Morgan fingerprint density at radius 3 is 1.18 bits per heavy atom. The number of hydrogen-bond donors (Lipinski definition) is 0. The van der Waals surface area contributed by atoms with Gasteiger partial charge in [0.2, 0.25) is 0 Å². The summed E-state index contributed by atoms with van der Waals surface area (Å²) in [6, 6.07) is 27.1. The summed E-state index contributed by atoms with van der Waals surface area (Å²) in [6.07, 6.45) is 3.93. The molecule has 50 heavy (non-hydrogen) atoms. The number of nitrogens with zero attached hydrogens (tertiary/aromatic N) is 4. The van der Waals surface area contributed by atoms with Crippen molar-refractivity contribution < 1.29 is 8.78 Å². The number of aryl methyl sites for hydroxylation is 6. The van der Waals surface area contributed by atoms with Crippen LogP contribution in [0.4, 0.5) is 20.2 Å². The molecule has 2 heterocycles. The van der Waals surface area contributed by atoms with Crippen LogP contribution in [0.15, 0.2) is 94.9 Å². The lowest BCUT2D eigenvalue weighted by atomic mass is 10.0. The first-order valence-corrected chi connectivity index (χ1v) is 17.8. The SMILES string of the molecule is CCCCn1c2ccc(F)cc2c(=Nc2cc(C)cc(C)c2)c2cc3c(cc21)c(=Nc1cc(C)cc(C)c1)c1cc(F)ccc1n3CCCC. The number of hydrogen-bond acceptors (Lipinski definition) is 2. The first-order chi connectivity index (χ1) is 24.1. The quantitative estimate of drug-likeness (QED) is 0.145. The minimum absolute atomic E-state index is 0.294. The van der Waals surface area contributed by atoms with Crippen LogP contribution in [0.1, 0.15) is 61.8 Å². The second-order valence-corrected chi connectivity index (χ2v) is 13.8. The van der Waals surface area contributed by atoms with Gasteiger partial charge in [0.1, 0.15) is 11.6 Å². The predicted molar refractivity (Wildman–Crippen MR) is 204 cm³/mol. The number of aromatic nitrogens is 2. The van der Waals surface area contributed by atoms with Gasteiger partial charge in [0.25, 0.3) is 0 Å². The molecule has 0 atom stereocenters. The summed E-state index contributed by atoms with van der Waals surface area (Å²) in [4.78, 5) is 10.6. The van der Waals surface area contributed by atoms with Crippen LogP contribution in [0.25, 0.3) is 43.6 Å². The highest BCUT2D eigenvalue weighted by Crippen LogP contribution is 2.30. The zero-order valence-electron chi connectivity index (χ0n) is 29.9. The summed E-state index contributed by atoms with van der Waals surface area (Å²) >= 11 is 0. The number of fused-ring (bicyclic) bond motifs is 4. The van der Waals surface area contributed by atoms with Gasteiger partial charge in [-0.05, 0) is 136 Å². The molecule has 0 amide bonds. The Hall–Kier alpha value is -5.10. The van der Waals surface area contributed by atoms with E-state index in [2.05, 4.69) is 99.2 Å². The predicted octanol–water partition coefficient (Wildman–Crippen LogP) is 11.5. The average Bonchev–Trinajstić information content (AvgIpc) is 3.06. The van der Waals surface area contributed by atoms with Gasteiger partial charge in [0, 0.05) is 34.6 Å². The number of benzene rings is 5. The zero-order valence-corrected chi connectivity index (χ0v) is 29.9. The molecule has 0 saturated carbocycles. The van der Waals surface area contributed by atoms with Gasteiger partial charge < -0.3 is 9.13 Å². The van der Waals surface area contributed by atoms with Crippen molar-refractivity contribution in [3.8, 4) is 0 Å².